The minimum Gasteiger partial charge on any atom is -0.315 e. The minimum atomic E-state index is -3.46. The van der Waals surface area contributed by atoms with Gasteiger partial charge >= 0.3 is 0 Å². The van der Waals surface area contributed by atoms with Gasteiger partial charge in [-0.05, 0) is 49.9 Å². The molecule has 2 aliphatic heterocycles. The third-order valence-corrected chi connectivity index (χ3v) is 6.67. The van der Waals surface area contributed by atoms with Gasteiger partial charge in [0.2, 0.25) is 10.0 Å². The molecule has 1 aromatic carbocycles. The number of aryl methyl sites for hydroxylation is 1. The zero-order chi connectivity index (χ0) is 14.3. The van der Waals surface area contributed by atoms with E-state index in [1.54, 1.807) is 22.5 Å². The lowest BCUT2D eigenvalue weighted by Crippen LogP contribution is -2.48. The number of benzene rings is 1. The summed E-state index contributed by atoms with van der Waals surface area (Å²) in [7, 11) is -3.46. The Morgan fingerprint density at radius 2 is 2.15 bits per heavy atom. The lowest BCUT2D eigenvalue weighted by molar-refractivity contribution is 0.217. The van der Waals surface area contributed by atoms with Gasteiger partial charge in [0.1, 0.15) is 0 Å². The van der Waals surface area contributed by atoms with Gasteiger partial charge in [0.15, 0.2) is 0 Å². The molecular weight excluding hydrogens is 296 g/mol. The van der Waals surface area contributed by atoms with E-state index in [-0.39, 0.29) is 6.04 Å². The highest BCUT2D eigenvalue weighted by molar-refractivity contribution is 7.89. The lowest BCUT2D eigenvalue weighted by atomic mass is 9.94. The first kappa shape index (κ1) is 14.3. The van der Waals surface area contributed by atoms with Gasteiger partial charge in [-0.1, -0.05) is 17.7 Å². The van der Waals surface area contributed by atoms with Crippen LogP contribution in [0, 0.1) is 12.8 Å². The highest BCUT2D eigenvalue weighted by atomic mass is 35.5. The summed E-state index contributed by atoms with van der Waals surface area (Å²) < 4.78 is 27.6. The van der Waals surface area contributed by atoms with E-state index < -0.39 is 10.0 Å². The van der Waals surface area contributed by atoms with Crippen molar-refractivity contribution in [2.75, 3.05) is 19.6 Å². The van der Waals surface area contributed by atoms with E-state index >= 15 is 0 Å². The van der Waals surface area contributed by atoms with Gasteiger partial charge in [0.05, 0.1) is 4.90 Å². The third kappa shape index (κ3) is 2.37. The third-order valence-electron chi connectivity index (χ3n) is 4.36. The number of nitrogens with one attached hydrogen (secondary N) is 1. The number of sulfonamides is 1. The van der Waals surface area contributed by atoms with Gasteiger partial charge in [0.25, 0.3) is 0 Å². The fourth-order valence-corrected chi connectivity index (χ4v) is 5.52. The van der Waals surface area contributed by atoms with Crippen LogP contribution < -0.4 is 5.32 Å². The molecule has 0 amide bonds. The van der Waals surface area contributed by atoms with Crippen molar-refractivity contribution < 1.29 is 8.42 Å². The van der Waals surface area contributed by atoms with Crippen molar-refractivity contribution in [3.63, 3.8) is 0 Å². The Morgan fingerprint density at radius 3 is 2.95 bits per heavy atom. The van der Waals surface area contributed by atoms with Crippen LogP contribution >= 0.6 is 11.6 Å². The van der Waals surface area contributed by atoms with E-state index in [1.165, 1.54) is 0 Å². The molecule has 0 aromatic heterocycles. The summed E-state index contributed by atoms with van der Waals surface area (Å²) in [5, 5.41) is 3.78. The number of fused-ring (bicyclic) bond motifs is 1. The molecule has 0 aliphatic carbocycles. The maximum Gasteiger partial charge on any atom is 0.243 e. The molecular formula is C14H19ClN2O2S. The van der Waals surface area contributed by atoms with Gasteiger partial charge < -0.3 is 5.32 Å². The second-order valence-corrected chi connectivity index (χ2v) is 7.95. The molecule has 2 atom stereocenters. The van der Waals surface area contributed by atoms with Crippen LogP contribution in [0.5, 0.6) is 0 Å². The molecule has 4 nitrogen and oxygen atoms in total. The van der Waals surface area contributed by atoms with Crippen molar-refractivity contribution in [3.8, 4) is 0 Å². The number of halogens is 1. The molecule has 0 radical (unpaired) electrons. The Morgan fingerprint density at radius 1 is 1.35 bits per heavy atom. The van der Waals surface area contributed by atoms with Gasteiger partial charge in [-0.2, -0.15) is 4.31 Å². The first-order valence-electron chi connectivity index (χ1n) is 6.99. The fraction of sp³-hybridized carbons (Fsp3) is 0.571. The van der Waals surface area contributed by atoms with Gasteiger partial charge in [-0.25, -0.2) is 8.42 Å². The molecule has 2 unspecified atom stereocenters. The normalized spacial score (nSPS) is 27.5. The molecule has 6 heteroatoms. The lowest BCUT2D eigenvalue weighted by Gasteiger charge is -2.36. The number of rotatable bonds is 2. The van der Waals surface area contributed by atoms with Crippen LogP contribution in [-0.4, -0.2) is 38.4 Å². The number of piperidine rings is 1. The average molecular weight is 315 g/mol. The van der Waals surface area contributed by atoms with Gasteiger partial charge in [-0.3, -0.25) is 0 Å². The highest BCUT2D eigenvalue weighted by Crippen LogP contribution is 2.32. The maximum absolute atomic E-state index is 12.9. The van der Waals surface area contributed by atoms with E-state index in [1.807, 2.05) is 6.92 Å². The van der Waals surface area contributed by atoms with E-state index in [2.05, 4.69) is 5.32 Å². The van der Waals surface area contributed by atoms with Gasteiger partial charge in [-0.15, -0.1) is 0 Å². The highest BCUT2D eigenvalue weighted by Gasteiger charge is 2.41. The summed E-state index contributed by atoms with van der Waals surface area (Å²) in [5.41, 5.74) is 0.752. The van der Waals surface area contributed by atoms with E-state index in [4.69, 9.17) is 11.6 Å². The van der Waals surface area contributed by atoms with E-state index in [9.17, 15) is 8.42 Å². The second kappa shape index (κ2) is 5.30. The number of nitrogens with zero attached hydrogens (tertiary/aromatic N) is 1. The van der Waals surface area contributed by atoms with Crippen LogP contribution in [0.2, 0.25) is 5.02 Å². The predicted molar refractivity (Wildman–Crippen MR) is 79.5 cm³/mol. The van der Waals surface area contributed by atoms with Crippen molar-refractivity contribution in [2.45, 2.75) is 30.7 Å². The van der Waals surface area contributed by atoms with Gasteiger partial charge in [0, 0.05) is 24.2 Å². The number of hydrogen-bond donors (Lipinski definition) is 1. The van der Waals surface area contributed by atoms with Crippen molar-refractivity contribution in [3.05, 3.63) is 28.8 Å². The summed E-state index contributed by atoms with van der Waals surface area (Å²) in [6.07, 6.45) is 2.04. The summed E-state index contributed by atoms with van der Waals surface area (Å²) in [6.45, 7) is 4.10. The second-order valence-electron chi connectivity index (χ2n) is 5.65. The fourth-order valence-electron chi connectivity index (χ4n) is 3.30. The van der Waals surface area contributed by atoms with Crippen molar-refractivity contribution in [2.24, 2.45) is 5.92 Å². The molecule has 0 bridgehead atoms. The topological polar surface area (TPSA) is 49.4 Å². The Labute approximate surface area is 125 Å². The van der Waals surface area contributed by atoms with Crippen LogP contribution in [0.3, 0.4) is 0 Å². The molecule has 2 heterocycles. The molecule has 20 heavy (non-hydrogen) atoms. The smallest absolute Gasteiger partial charge is 0.243 e. The first-order valence-corrected chi connectivity index (χ1v) is 8.80. The Bertz CT molecular complexity index is 618. The zero-order valence-electron chi connectivity index (χ0n) is 11.5. The molecule has 2 aliphatic rings. The monoisotopic (exact) mass is 314 g/mol. The Kier molecular flexibility index (Phi) is 3.79. The largest absolute Gasteiger partial charge is 0.315 e. The Hall–Kier alpha value is -0.620. The standard InChI is InChI=1S/C14H19ClN2O2S/c1-10-4-5-12(15)7-14(10)20(18,19)17-6-2-3-11-8-16-9-13(11)17/h4-5,7,11,13,16H,2-3,6,8-9H2,1H3. The van der Waals surface area contributed by atoms with Crippen LogP contribution in [0.25, 0.3) is 0 Å². The molecule has 2 saturated heterocycles. The quantitative estimate of drug-likeness (QED) is 0.908. The number of hydrogen-bond acceptors (Lipinski definition) is 3. The van der Waals surface area contributed by atoms with Crippen molar-refractivity contribution in [1.29, 1.82) is 0 Å². The van der Waals surface area contributed by atoms with E-state index in [0.717, 1.165) is 31.5 Å². The van der Waals surface area contributed by atoms with E-state index in [0.29, 0.717) is 22.4 Å². The molecule has 0 spiro atoms. The predicted octanol–water partition coefficient (Wildman–Crippen LogP) is 2.02. The first-order chi connectivity index (χ1) is 9.50. The summed E-state index contributed by atoms with van der Waals surface area (Å²) in [5.74, 6) is 0.443. The molecule has 3 rings (SSSR count). The maximum atomic E-state index is 12.9. The zero-order valence-corrected chi connectivity index (χ0v) is 13.0. The SMILES string of the molecule is Cc1ccc(Cl)cc1S(=O)(=O)N1CCCC2CNCC21. The minimum absolute atomic E-state index is 0.0899. The Balaban J connectivity index is 2.00. The summed E-state index contributed by atoms with van der Waals surface area (Å²) in [4.78, 5) is 0.345. The molecule has 1 N–H and O–H groups in total. The van der Waals surface area contributed by atoms with Crippen LogP contribution in [0.15, 0.2) is 23.1 Å². The van der Waals surface area contributed by atoms with Crippen LogP contribution in [-0.2, 0) is 10.0 Å². The molecule has 0 saturated carbocycles. The summed E-state index contributed by atoms with van der Waals surface area (Å²) >= 11 is 5.98. The molecule has 2 fully saturated rings. The molecule has 110 valence electrons. The van der Waals surface area contributed by atoms with Crippen LogP contribution in [0.1, 0.15) is 18.4 Å². The van der Waals surface area contributed by atoms with Crippen molar-refractivity contribution >= 4 is 21.6 Å². The van der Waals surface area contributed by atoms with Crippen LogP contribution in [0.4, 0.5) is 0 Å². The average Bonchev–Trinajstić information content (AvgIpc) is 2.89. The van der Waals surface area contributed by atoms with Crippen molar-refractivity contribution in [1.82, 2.24) is 9.62 Å². The molecule has 1 aromatic rings. The summed E-state index contributed by atoms with van der Waals surface area (Å²) in [6, 6.07) is 5.15.